The minimum absolute atomic E-state index is 0.0486. The van der Waals surface area contributed by atoms with Crippen molar-refractivity contribution in [1.82, 2.24) is 9.13 Å². The van der Waals surface area contributed by atoms with Gasteiger partial charge < -0.3 is 27.8 Å². The average Bonchev–Trinajstić information content (AvgIpc) is 1.64. The number of para-hydroxylation sites is 8. The van der Waals surface area contributed by atoms with Gasteiger partial charge in [-0.05, 0) is 111 Å². The van der Waals surface area contributed by atoms with Crippen molar-refractivity contribution in [3.05, 3.63) is 235 Å². The molecule has 6 heterocycles. The third-order valence-corrected chi connectivity index (χ3v) is 17.6. The summed E-state index contributed by atoms with van der Waals surface area (Å²) in [6.07, 6.45) is 0. The second-order valence-corrected chi connectivity index (χ2v) is 25.7. The Hall–Kier alpha value is -9.72. The summed E-state index contributed by atoms with van der Waals surface area (Å²) in [7, 11) is 0. The van der Waals surface area contributed by atoms with E-state index in [-0.39, 0.29) is 54.4 Å². The number of benzene rings is 11. The van der Waals surface area contributed by atoms with E-state index in [1.807, 2.05) is 84.9 Å². The largest absolute Gasteiger partial charge is 0.454 e. The topological polar surface area (TPSA) is 42.6 Å². The number of furan rings is 2. The fourth-order valence-electron chi connectivity index (χ4n) is 13.7. The molecule has 0 N–H and O–H groups in total. The fourth-order valence-corrected chi connectivity index (χ4v) is 13.7. The molecule has 85 heavy (non-hydrogen) atoms. The van der Waals surface area contributed by atoms with Crippen LogP contribution in [0.5, 0.6) is 0 Å². The Kier molecular flexibility index (Phi) is 7.40. The SMILES string of the molecule is [2H]c1c([2H])c([2H])c2c(c1[2H])c1c([2H])c([2H])c([2H])c([2H])c1n2-c1ccc2c(c1)N(c1cccc3c1oc1c(C(C)(C)C)cccc13)c1cc(C(C)(C)C)cc3c1B2c1ccc(-n2c4c([2H])c([2H])c([2H])c([2H])c4c4c([2H])c([2H])c([2H])c([2H])c42)cc1N3c1cccc2c1oc1c(C(C)(C)C)cccc12. The van der Waals surface area contributed by atoms with E-state index in [2.05, 4.69) is 109 Å². The summed E-state index contributed by atoms with van der Waals surface area (Å²) in [4.78, 5) is 4.35. The van der Waals surface area contributed by atoms with Crippen LogP contribution in [0.25, 0.3) is 98.9 Å². The highest BCUT2D eigenvalue weighted by atomic mass is 16.3. The average molecular weight is 1120 g/mol. The lowest BCUT2D eigenvalue weighted by Gasteiger charge is -2.45. The fraction of sp³-hybridized carbons (Fsp3) is 0.154. The summed E-state index contributed by atoms with van der Waals surface area (Å²) in [5.41, 5.74) is 10.7. The molecule has 2 aliphatic heterocycles. The molecule has 11 aromatic carbocycles. The zero-order chi connectivity index (χ0) is 71.5. The number of nitrogens with zero attached hydrogens (tertiary/aromatic N) is 4. The van der Waals surface area contributed by atoms with Crippen LogP contribution in [-0.4, -0.2) is 15.8 Å². The van der Waals surface area contributed by atoms with Gasteiger partial charge in [-0.25, -0.2) is 0 Å². The van der Waals surface area contributed by atoms with Gasteiger partial charge in [-0.2, -0.15) is 0 Å². The Morgan fingerprint density at radius 1 is 0.341 bits per heavy atom. The zero-order valence-corrected chi connectivity index (χ0v) is 48.2. The van der Waals surface area contributed by atoms with Crippen LogP contribution in [0.1, 0.15) is 101 Å². The molecule has 0 saturated carbocycles. The van der Waals surface area contributed by atoms with Crippen molar-refractivity contribution in [2.75, 3.05) is 9.80 Å². The molecule has 0 fully saturated rings. The molecule has 2 aliphatic rings. The monoisotopic (exact) mass is 1110 g/mol. The van der Waals surface area contributed by atoms with E-state index in [0.717, 1.165) is 66.0 Å². The number of hydrogen-bond donors (Lipinski definition) is 0. The van der Waals surface area contributed by atoms with Gasteiger partial charge in [0.1, 0.15) is 11.2 Å². The highest BCUT2D eigenvalue weighted by molar-refractivity contribution is 7.00. The molecule has 6 nitrogen and oxygen atoms in total. The summed E-state index contributed by atoms with van der Waals surface area (Å²) < 4.78 is 166. The molecule has 0 bridgehead atoms. The molecule has 410 valence electrons. The predicted molar refractivity (Wildman–Crippen MR) is 360 cm³/mol. The van der Waals surface area contributed by atoms with Gasteiger partial charge in [0.25, 0.3) is 6.71 Å². The van der Waals surface area contributed by atoms with Gasteiger partial charge in [-0.15, -0.1) is 0 Å². The molecular weight excluding hydrogens is 1040 g/mol. The highest BCUT2D eigenvalue weighted by Gasteiger charge is 2.46. The van der Waals surface area contributed by atoms with Crippen LogP contribution in [0.3, 0.4) is 0 Å². The summed E-state index contributed by atoms with van der Waals surface area (Å²) >= 11 is 0. The van der Waals surface area contributed by atoms with E-state index < -0.39 is 109 Å². The van der Waals surface area contributed by atoms with Gasteiger partial charge in [0, 0.05) is 88.3 Å². The predicted octanol–water partition coefficient (Wildman–Crippen LogP) is 19.7. The second kappa shape index (κ2) is 17.4. The number of aromatic nitrogens is 2. The summed E-state index contributed by atoms with van der Waals surface area (Å²) in [6, 6.07) is 32.1. The van der Waals surface area contributed by atoms with Crippen molar-refractivity contribution in [2.45, 2.75) is 78.6 Å². The van der Waals surface area contributed by atoms with Gasteiger partial charge in [0.05, 0.1) is 55.4 Å². The van der Waals surface area contributed by atoms with Gasteiger partial charge >= 0.3 is 0 Å². The number of anilines is 6. The maximum Gasteiger partial charge on any atom is 0.252 e. The molecule has 0 saturated heterocycles. The van der Waals surface area contributed by atoms with Crippen molar-refractivity contribution >= 4 is 145 Å². The third-order valence-electron chi connectivity index (χ3n) is 17.6. The quantitative estimate of drug-likeness (QED) is 0.165. The molecule has 0 unspecified atom stereocenters. The van der Waals surface area contributed by atoms with Crippen molar-refractivity contribution in [3.63, 3.8) is 0 Å². The number of hydrogen-bond acceptors (Lipinski definition) is 4. The van der Waals surface area contributed by atoms with Crippen LogP contribution in [-0.2, 0) is 16.2 Å². The Labute approximate surface area is 517 Å². The van der Waals surface area contributed by atoms with Crippen LogP contribution < -0.4 is 26.2 Å². The Bertz CT molecular complexity index is 5820. The molecule has 7 heteroatoms. The molecule has 0 spiro atoms. The minimum atomic E-state index is -0.708. The standard InChI is InChI=1S/C78H63BN4O2/c1-76(2,3)46-42-69-71-70(43-46)83(66-37-21-29-56-54-27-19-31-58(78(7,8)9)73(54)85-75(56)66)68-45-48(81-63-34-16-12-24-51(63)52-25-13-17-35-64(52)81)39-41-60(68)79(71)59-40-38-47(80-61-32-14-10-22-49(61)50-23-11-15-33-62(50)80)44-67(59)82(69)65-36-20-28-55-53-26-18-30-57(77(4,5)6)72(53)84-74(55)65/h10-45H,1-9H3/i10D,11D,12D,13D,14D,15D,16D,17D,22D,23D,24D,25D,32D,33D,34D,35D. The molecule has 17 rings (SSSR count). The first-order valence-corrected chi connectivity index (χ1v) is 28.7. The lowest BCUT2D eigenvalue weighted by molar-refractivity contribution is 0.572. The maximum atomic E-state index is 9.63. The molecular formula is C78H63BN4O2. The van der Waals surface area contributed by atoms with E-state index in [9.17, 15) is 11.0 Å². The van der Waals surface area contributed by atoms with Crippen LogP contribution in [0.15, 0.2) is 227 Å². The molecule has 0 aliphatic carbocycles. The first kappa shape index (κ1) is 36.1. The van der Waals surface area contributed by atoms with E-state index in [1.165, 1.54) is 9.13 Å². The summed E-state index contributed by atoms with van der Waals surface area (Å²) in [6.45, 7) is 18.6. The van der Waals surface area contributed by atoms with Crippen molar-refractivity contribution in [1.29, 1.82) is 0 Å². The summed E-state index contributed by atoms with van der Waals surface area (Å²) in [5, 5.41) is 3.19. The minimum Gasteiger partial charge on any atom is -0.454 e. The lowest BCUT2D eigenvalue weighted by atomic mass is 9.33. The smallest absolute Gasteiger partial charge is 0.252 e. The third kappa shape index (κ3) is 7.07. The van der Waals surface area contributed by atoms with E-state index >= 15 is 0 Å². The molecule has 0 atom stereocenters. The summed E-state index contributed by atoms with van der Waals surface area (Å²) in [5.74, 6) is 0. The van der Waals surface area contributed by atoms with E-state index in [4.69, 9.17) is 19.8 Å². The van der Waals surface area contributed by atoms with Gasteiger partial charge in [0.15, 0.2) is 11.2 Å². The molecule has 15 aromatic rings. The molecule has 0 radical (unpaired) electrons. The first-order chi connectivity index (χ1) is 47.7. The van der Waals surface area contributed by atoms with Gasteiger partial charge in [-0.1, -0.05) is 208 Å². The van der Waals surface area contributed by atoms with Crippen LogP contribution in [0.2, 0.25) is 0 Å². The van der Waals surface area contributed by atoms with Crippen LogP contribution >= 0.6 is 0 Å². The highest BCUT2D eigenvalue weighted by Crippen LogP contribution is 2.52. The van der Waals surface area contributed by atoms with Crippen LogP contribution in [0.4, 0.5) is 34.1 Å². The number of rotatable bonds is 4. The molecule has 0 amide bonds. The van der Waals surface area contributed by atoms with Crippen molar-refractivity contribution < 1.29 is 30.8 Å². The van der Waals surface area contributed by atoms with Crippen LogP contribution in [0, 0.1) is 0 Å². The second-order valence-electron chi connectivity index (χ2n) is 25.7. The lowest BCUT2D eigenvalue weighted by Crippen LogP contribution is -2.61. The Balaban J connectivity index is 1.06. The van der Waals surface area contributed by atoms with E-state index in [0.29, 0.717) is 56.5 Å². The van der Waals surface area contributed by atoms with Gasteiger partial charge in [-0.3, -0.25) is 0 Å². The Morgan fingerprint density at radius 3 is 1.06 bits per heavy atom. The van der Waals surface area contributed by atoms with Crippen molar-refractivity contribution in [2.24, 2.45) is 0 Å². The number of fused-ring (bicyclic) bond motifs is 16. The zero-order valence-electron chi connectivity index (χ0n) is 64.2. The Morgan fingerprint density at radius 2 is 0.694 bits per heavy atom. The maximum absolute atomic E-state index is 9.63. The van der Waals surface area contributed by atoms with Crippen molar-refractivity contribution in [3.8, 4) is 11.4 Å². The molecule has 4 aromatic heterocycles. The normalized spacial score (nSPS) is 16.3. The first-order valence-electron chi connectivity index (χ1n) is 36.7. The van der Waals surface area contributed by atoms with E-state index in [1.54, 1.807) is 0 Å². The van der Waals surface area contributed by atoms with Gasteiger partial charge in [0.2, 0.25) is 0 Å².